The molecule has 1 aromatic heterocycles. The van der Waals surface area contributed by atoms with Gasteiger partial charge in [-0.25, -0.2) is 4.79 Å². The van der Waals surface area contributed by atoms with Gasteiger partial charge in [0.2, 0.25) is 5.91 Å². The minimum atomic E-state index is -0.802. The Morgan fingerprint density at radius 3 is 2.69 bits per heavy atom. The molecule has 0 spiro atoms. The fourth-order valence-corrected chi connectivity index (χ4v) is 4.04. The third-order valence-electron chi connectivity index (χ3n) is 5.62. The van der Waals surface area contributed by atoms with Crippen molar-refractivity contribution in [1.82, 2.24) is 4.57 Å². The molecular weight excluding hydrogens is 408 g/mol. The van der Waals surface area contributed by atoms with Gasteiger partial charge in [-0.3, -0.25) is 9.59 Å². The number of amides is 1. The lowest BCUT2D eigenvalue weighted by Crippen LogP contribution is -2.39. The second-order valence-corrected chi connectivity index (χ2v) is 7.76. The van der Waals surface area contributed by atoms with Gasteiger partial charge in [-0.1, -0.05) is 24.3 Å². The lowest BCUT2D eigenvalue weighted by atomic mass is 10.0. The number of carbonyl (C=O) groups excluding carboxylic acids is 2. The van der Waals surface area contributed by atoms with Crippen LogP contribution in [0.1, 0.15) is 25.8 Å². The first-order chi connectivity index (χ1) is 15.5. The Balaban J connectivity index is 1.59. The summed E-state index contributed by atoms with van der Waals surface area (Å²) < 4.78 is 12.2. The number of anilines is 1. The number of ether oxygens (including phenoxy) is 2. The average Bonchev–Trinajstić information content (AvgIpc) is 2.81. The number of hydrogen-bond donors (Lipinski definition) is 0. The second-order valence-electron chi connectivity index (χ2n) is 7.76. The number of fused-ring (bicyclic) bond motifs is 2. The second kappa shape index (κ2) is 9.26. The summed E-state index contributed by atoms with van der Waals surface area (Å²) in [7, 11) is 0. The van der Waals surface area contributed by atoms with Crippen LogP contribution >= 0.6 is 0 Å². The highest BCUT2D eigenvalue weighted by Crippen LogP contribution is 2.27. The van der Waals surface area contributed by atoms with E-state index in [1.807, 2.05) is 24.3 Å². The van der Waals surface area contributed by atoms with E-state index in [1.165, 1.54) is 4.57 Å². The molecule has 3 aromatic rings. The van der Waals surface area contributed by atoms with Gasteiger partial charge in [0.1, 0.15) is 12.3 Å². The van der Waals surface area contributed by atoms with Crippen LogP contribution in [0.5, 0.6) is 5.75 Å². The van der Waals surface area contributed by atoms with Crippen LogP contribution < -0.4 is 15.2 Å². The van der Waals surface area contributed by atoms with E-state index in [-0.39, 0.29) is 24.6 Å². The Morgan fingerprint density at radius 1 is 1.06 bits per heavy atom. The van der Waals surface area contributed by atoms with Crippen LogP contribution in [-0.4, -0.2) is 35.7 Å². The van der Waals surface area contributed by atoms with Gasteiger partial charge in [0.25, 0.3) is 5.56 Å². The predicted octanol–water partition coefficient (Wildman–Crippen LogP) is 3.31. The van der Waals surface area contributed by atoms with Crippen molar-refractivity contribution in [3.05, 3.63) is 70.6 Å². The summed E-state index contributed by atoms with van der Waals surface area (Å²) in [5.41, 5.74) is 1.78. The molecule has 0 saturated carbocycles. The first kappa shape index (κ1) is 21.6. The summed E-state index contributed by atoms with van der Waals surface area (Å²) in [4.78, 5) is 39.8. The summed E-state index contributed by atoms with van der Waals surface area (Å²) in [6.45, 7) is 4.19. The molecule has 7 nitrogen and oxygen atoms in total. The van der Waals surface area contributed by atoms with Crippen molar-refractivity contribution in [3.63, 3.8) is 0 Å². The highest BCUT2D eigenvalue weighted by Gasteiger charge is 2.23. The first-order valence-electron chi connectivity index (χ1n) is 10.8. The van der Waals surface area contributed by atoms with Gasteiger partial charge in [0.05, 0.1) is 12.0 Å². The topological polar surface area (TPSA) is 77.8 Å². The number of carbonyl (C=O) groups is 2. The number of esters is 1. The molecule has 0 unspecified atom stereocenters. The van der Waals surface area contributed by atoms with Gasteiger partial charge < -0.3 is 18.9 Å². The SMILES string of the molecule is CCOC(=O)[C@H](C)Oc1cccc2c(=O)n(CC(=O)N3CCCc4ccccc43)ccc12. The molecule has 0 saturated heterocycles. The molecule has 0 aliphatic carbocycles. The maximum atomic E-state index is 13.1. The van der Waals surface area contributed by atoms with Crippen molar-refractivity contribution in [2.75, 3.05) is 18.1 Å². The van der Waals surface area contributed by atoms with Gasteiger partial charge >= 0.3 is 5.97 Å². The minimum absolute atomic E-state index is 0.0482. The molecule has 1 amide bonds. The molecule has 0 radical (unpaired) electrons. The Hall–Kier alpha value is -3.61. The highest BCUT2D eigenvalue weighted by molar-refractivity contribution is 5.95. The largest absolute Gasteiger partial charge is 0.478 e. The van der Waals surface area contributed by atoms with Crippen LogP contribution in [-0.2, 0) is 27.3 Å². The molecule has 7 heteroatoms. The third kappa shape index (κ3) is 4.23. The predicted molar refractivity (Wildman–Crippen MR) is 122 cm³/mol. The van der Waals surface area contributed by atoms with E-state index >= 15 is 0 Å². The number of aromatic nitrogens is 1. The van der Waals surface area contributed by atoms with E-state index in [0.717, 1.165) is 24.1 Å². The van der Waals surface area contributed by atoms with Gasteiger partial charge in [-0.15, -0.1) is 0 Å². The number of para-hydroxylation sites is 1. The fraction of sp³-hybridized carbons (Fsp3) is 0.320. The van der Waals surface area contributed by atoms with E-state index in [1.54, 1.807) is 49.2 Å². The summed E-state index contributed by atoms with van der Waals surface area (Å²) in [6.07, 6.45) is 2.64. The zero-order valence-electron chi connectivity index (χ0n) is 18.2. The van der Waals surface area contributed by atoms with Crippen molar-refractivity contribution < 1.29 is 19.1 Å². The number of rotatable bonds is 6. The normalized spacial score (nSPS) is 14.0. The molecule has 1 aliphatic heterocycles. The fourth-order valence-electron chi connectivity index (χ4n) is 4.04. The van der Waals surface area contributed by atoms with Gasteiger partial charge in [0.15, 0.2) is 6.10 Å². The highest BCUT2D eigenvalue weighted by atomic mass is 16.6. The molecule has 1 aliphatic rings. The number of aryl methyl sites for hydroxylation is 1. The molecule has 166 valence electrons. The molecular formula is C25H26N2O5. The summed E-state index contributed by atoms with van der Waals surface area (Å²) >= 11 is 0. The quantitative estimate of drug-likeness (QED) is 0.557. The lowest BCUT2D eigenvalue weighted by molar-refractivity contribution is -0.150. The Labute approximate surface area is 186 Å². The van der Waals surface area contributed by atoms with Crippen LogP contribution in [0.15, 0.2) is 59.5 Å². The van der Waals surface area contributed by atoms with Crippen LogP contribution in [0.4, 0.5) is 5.69 Å². The van der Waals surface area contributed by atoms with Gasteiger partial charge in [-0.2, -0.15) is 0 Å². The average molecular weight is 434 g/mol. The molecule has 4 rings (SSSR count). The minimum Gasteiger partial charge on any atom is -0.478 e. The van der Waals surface area contributed by atoms with E-state index < -0.39 is 12.1 Å². The Kier molecular flexibility index (Phi) is 6.25. The Bertz CT molecular complexity index is 1220. The molecule has 32 heavy (non-hydrogen) atoms. The van der Waals surface area contributed by atoms with Crippen molar-refractivity contribution in [1.29, 1.82) is 0 Å². The molecule has 2 aromatic carbocycles. The van der Waals surface area contributed by atoms with Crippen LogP contribution in [0.3, 0.4) is 0 Å². The summed E-state index contributed by atoms with van der Waals surface area (Å²) in [6, 6.07) is 14.7. The van der Waals surface area contributed by atoms with E-state index in [0.29, 0.717) is 23.1 Å². The van der Waals surface area contributed by atoms with E-state index in [4.69, 9.17) is 9.47 Å². The van der Waals surface area contributed by atoms with Crippen LogP contribution in [0.25, 0.3) is 10.8 Å². The number of benzene rings is 2. The van der Waals surface area contributed by atoms with Gasteiger partial charge in [-0.05, 0) is 56.5 Å². The molecule has 0 bridgehead atoms. The molecule has 0 fully saturated rings. The maximum Gasteiger partial charge on any atom is 0.347 e. The van der Waals surface area contributed by atoms with Crippen molar-refractivity contribution in [3.8, 4) is 5.75 Å². The maximum absolute atomic E-state index is 13.1. The standard InChI is InChI=1S/C25H26N2O5/c1-3-31-25(30)17(2)32-22-12-6-10-20-19(22)13-15-26(24(20)29)16-23(28)27-14-7-9-18-8-4-5-11-21(18)27/h4-6,8,10-13,15,17H,3,7,9,14,16H2,1-2H3/t17-/m0/s1. The third-order valence-corrected chi connectivity index (χ3v) is 5.62. The molecule has 0 N–H and O–H groups in total. The van der Waals surface area contributed by atoms with Crippen LogP contribution in [0.2, 0.25) is 0 Å². The lowest BCUT2D eigenvalue weighted by Gasteiger charge is -2.29. The Morgan fingerprint density at radius 2 is 1.88 bits per heavy atom. The van der Waals surface area contributed by atoms with E-state index in [9.17, 15) is 14.4 Å². The molecule has 1 atom stereocenters. The molecule has 2 heterocycles. The first-order valence-corrected chi connectivity index (χ1v) is 10.8. The van der Waals surface area contributed by atoms with Gasteiger partial charge in [0, 0.05) is 23.8 Å². The van der Waals surface area contributed by atoms with Crippen molar-refractivity contribution >= 4 is 28.3 Å². The van der Waals surface area contributed by atoms with Crippen molar-refractivity contribution in [2.45, 2.75) is 39.3 Å². The smallest absolute Gasteiger partial charge is 0.347 e. The number of hydrogen-bond acceptors (Lipinski definition) is 5. The van der Waals surface area contributed by atoms with E-state index in [2.05, 4.69) is 0 Å². The summed E-state index contributed by atoms with van der Waals surface area (Å²) in [5, 5.41) is 1.01. The monoisotopic (exact) mass is 434 g/mol. The number of nitrogens with zero attached hydrogens (tertiary/aromatic N) is 2. The van der Waals surface area contributed by atoms with Crippen molar-refractivity contribution in [2.24, 2.45) is 0 Å². The zero-order valence-corrected chi connectivity index (χ0v) is 18.2. The van der Waals surface area contributed by atoms with Crippen LogP contribution in [0, 0.1) is 0 Å². The summed E-state index contributed by atoms with van der Waals surface area (Å²) in [5.74, 6) is -0.171. The zero-order chi connectivity index (χ0) is 22.7. The number of pyridine rings is 1.